The van der Waals surface area contributed by atoms with Gasteiger partial charge in [0.2, 0.25) is 15.9 Å². The van der Waals surface area contributed by atoms with Crippen LogP contribution in [0.25, 0.3) is 0 Å². The first kappa shape index (κ1) is 22.5. The van der Waals surface area contributed by atoms with Crippen LogP contribution in [-0.4, -0.2) is 61.5 Å². The van der Waals surface area contributed by atoms with E-state index in [1.54, 1.807) is 12.1 Å². The molecule has 2 saturated heterocycles. The number of hydrogen-bond donors (Lipinski definition) is 1. The van der Waals surface area contributed by atoms with Crippen LogP contribution in [-0.2, 0) is 14.8 Å². The summed E-state index contributed by atoms with van der Waals surface area (Å²) >= 11 is 0. The molecule has 2 aliphatic rings. The molecule has 0 radical (unpaired) electrons. The van der Waals surface area contributed by atoms with Gasteiger partial charge in [-0.3, -0.25) is 9.59 Å². The molecular weight excluding hydrogens is 426 g/mol. The number of ketones is 1. The van der Waals surface area contributed by atoms with E-state index in [9.17, 15) is 18.0 Å². The second kappa shape index (κ2) is 9.42. The molecule has 1 amide bonds. The predicted octanol–water partition coefficient (Wildman–Crippen LogP) is 3.00. The van der Waals surface area contributed by atoms with Gasteiger partial charge in [-0.2, -0.15) is 4.31 Å². The highest BCUT2D eigenvalue weighted by molar-refractivity contribution is 7.89. The van der Waals surface area contributed by atoms with E-state index in [2.05, 4.69) is 5.32 Å². The number of nitrogens with one attached hydrogen (secondary N) is 1. The van der Waals surface area contributed by atoms with Crippen molar-refractivity contribution >= 4 is 27.4 Å². The van der Waals surface area contributed by atoms with Gasteiger partial charge in [-0.05, 0) is 50.5 Å². The Morgan fingerprint density at radius 2 is 1.56 bits per heavy atom. The summed E-state index contributed by atoms with van der Waals surface area (Å²) in [5, 5.41) is 3.48. The lowest BCUT2D eigenvalue weighted by molar-refractivity contribution is -0.135. The molecule has 2 aromatic rings. The number of carbonyl (C=O) groups excluding carboxylic acids is 2. The largest absolute Gasteiger partial charge is 0.380 e. The van der Waals surface area contributed by atoms with Gasteiger partial charge >= 0.3 is 0 Å². The first-order valence-corrected chi connectivity index (χ1v) is 12.5. The Bertz CT molecular complexity index is 1060. The van der Waals surface area contributed by atoms with Crippen LogP contribution in [0.4, 0.5) is 5.69 Å². The molecular formula is C24H29N3O4S. The van der Waals surface area contributed by atoms with Gasteiger partial charge in [0.1, 0.15) is 0 Å². The minimum Gasteiger partial charge on any atom is -0.380 e. The van der Waals surface area contributed by atoms with Crippen molar-refractivity contribution in [2.45, 2.75) is 37.1 Å². The van der Waals surface area contributed by atoms with Crippen molar-refractivity contribution in [1.82, 2.24) is 9.21 Å². The lowest BCUT2D eigenvalue weighted by Gasteiger charge is -2.32. The highest BCUT2D eigenvalue weighted by Gasteiger charge is 2.36. The molecule has 1 N–H and O–H groups in total. The molecule has 170 valence electrons. The van der Waals surface area contributed by atoms with Gasteiger partial charge in [-0.15, -0.1) is 0 Å². The number of para-hydroxylation sites is 1. The van der Waals surface area contributed by atoms with Crippen LogP contribution in [0, 0.1) is 5.92 Å². The molecule has 0 saturated carbocycles. The molecule has 0 aromatic heterocycles. The third-order valence-corrected chi connectivity index (χ3v) is 8.26. The number of piperidine rings is 1. The molecule has 0 bridgehead atoms. The first-order valence-electron chi connectivity index (χ1n) is 11.1. The zero-order valence-electron chi connectivity index (χ0n) is 18.2. The van der Waals surface area contributed by atoms with E-state index in [0.29, 0.717) is 38.0 Å². The van der Waals surface area contributed by atoms with Crippen molar-refractivity contribution in [2.75, 3.05) is 31.5 Å². The van der Waals surface area contributed by atoms with E-state index in [-0.39, 0.29) is 28.5 Å². The Balaban J connectivity index is 1.31. The lowest BCUT2D eigenvalue weighted by Crippen LogP contribution is -2.44. The third kappa shape index (κ3) is 4.86. The Kier molecular flexibility index (Phi) is 6.62. The summed E-state index contributed by atoms with van der Waals surface area (Å²) in [5.41, 5.74) is 1.54. The number of anilines is 1. The highest BCUT2D eigenvalue weighted by atomic mass is 32.2. The van der Waals surface area contributed by atoms with Gasteiger partial charge in [0.15, 0.2) is 5.78 Å². The van der Waals surface area contributed by atoms with Crippen molar-refractivity contribution in [2.24, 2.45) is 5.92 Å². The fourth-order valence-corrected chi connectivity index (χ4v) is 5.93. The number of benzene rings is 2. The van der Waals surface area contributed by atoms with Crippen molar-refractivity contribution in [3.8, 4) is 0 Å². The maximum Gasteiger partial charge on any atom is 0.243 e. The molecule has 0 aliphatic carbocycles. The minimum absolute atomic E-state index is 0.101. The number of amides is 1. The Morgan fingerprint density at radius 3 is 2.19 bits per heavy atom. The van der Waals surface area contributed by atoms with Crippen molar-refractivity contribution < 1.29 is 18.0 Å². The number of sulfonamides is 1. The van der Waals surface area contributed by atoms with E-state index in [1.165, 1.54) is 23.4 Å². The summed E-state index contributed by atoms with van der Waals surface area (Å²) in [6, 6.07) is 16.3. The maximum absolute atomic E-state index is 13.0. The SMILES string of the molecule is CC(=O)c1ccc(S(=O)(=O)N2CCC(C(=O)N3CCC(Nc4ccccc4)C3)CC2)cc1. The molecule has 32 heavy (non-hydrogen) atoms. The van der Waals surface area contributed by atoms with E-state index in [1.807, 2.05) is 35.2 Å². The quantitative estimate of drug-likeness (QED) is 0.677. The number of rotatable bonds is 6. The monoisotopic (exact) mass is 455 g/mol. The van der Waals surface area contributed by atoms with Gasteiger partial charge in [0, 0.05) is 49.4 Å². The molecule has 2 fully saturated rings. The zero-order valence-corrected chi connectivity index (χ0v) is 19.1. The number of Topliss-reactive ketones (excluding diaryl/α,β-unsaturated/α-hetero) is 1. The first-order chi connectivity index (χ1) is 15.3. The highest BCUT2D eigenvalue weighted by Crippen LogP contribution is 2.27. The molecule has 1 atom stereocenters. The molecule has 7 nitrogen and oxygen atoms in total. The number of carbonyl (C=O) groups is 2. The summed E-state index contributed by atoms with van der Waals surface area (Å²) in [7, 11) is -3.63. The number of hydrogen-bond acceptors (Lipinski definition) is 5. The summed E-state index contributed by atoms with van der Waals surface area (Å²) in [5.74, 6) is -0.112. The summed E-state index contributed by atoms with van der Waals surface area (Å²) in [6.45, 7) is 3.50. The lowest BCUT2D eigenvalue weighted by atomic mass is 9.96. The minimum atomic E-state index is -3.63. The van der Waals surface area contributed by atoms with E-state index < -0.39 is 10.0 Å². The van der Waals surface area contributed by atoms with Crippen LogP contribution >= 0.6 is 0 Å². The molecule has 2 aromatic carbocycles. The van der Waals surface area contributed by atoms with Crippen LogP contribution in [0.2, 0.25) is 0 Å². The van der Waals surface area contributed by atoms with Crippen LogP contribution in [0.15, 0.2) is 59.5 Å². The Hall–Kier alpha value is -2.71. The normalized spacial score (nSPS) is 20.3. The van der Waals surface area contributed by atoms with E-state index >= 15 is 0 Å². The van der Waals surface area contributed by atoms with Crippen LogP contribution in [0.1, 0.15) is 36.5 Å². The molecule has 0 spiro atoms. The van der Waals surface area contributed by atoms with Gasteiger partial charge in [-0.25, -0.2) is 8.42 Å². The second-order valence-corrected chi connectivity index (χ2v) is 10.5. The molecule has 2 aliphatic heterocycles. The maximum atomic E-state index is 13.0. The zero-order chi connectivity index (χ0) is 22.7. The standard InChI is InChI=1S/C24H29N3O4S/c1-18(28)19-7-9-23(10-8-19)32(30,31)27-15-11-20(12-16-27)24(29)26-14-13-22(17-26)25-21-5-3-2-4-6-21/h2-10,20,22,25H,11-17H2,1H3. The van der Waals surface area contributed by atoms with Gasteiger partial charge in [0.25, 0.3) is 0 Å². The van der Waals surface area contributed by atoms with Crippen LogP contribution < -0.4 is 5.32 Å². The smallest absolute Gasteiger partial charge is 0.243 e. The number of nitrogens with zero attached hydrogens (tertiary/aromatic N) is 2. The summed E-state index contributed by atoms with van der Waals surface area (Å²) in [6.07, 6.45) is 1.96. The van der Waals surface area contributed by atoms with E-state index in [4.69, 9.17) is 0 Å². The van der Waals surface area contributed by atoms with Crippen molar-refractivity contribution in [3.63, 3.8) is 0 Å². The predicted molar refractivity (Wildman–Crippen MR) is 123 cm³/mol. The molecule has 1 unspecified atom stereocenters. The molecule has 4 rings (SSSR count). The average molecular weight is 456 g/mol. The van der Waals surface area contributed by atoms with Crippen LogP contribution in [0.3, 0.4) is 0 Å². The summed E-state index contributed by atoms with van der Waals surface area (Å²) < 4.78 is 27.4. The Labute approximate surface area is 189 Å². The fourth-order valence-electron chi connectivity index (χ4n) is 4.46. The molecule has 2 heterocycles. The van der Waals surface area contributed by atoms with Crippen LogP contribution in [0.5, 0.6) is 0 Å². The van der Waals surface area contributed by atoms with Gasteiger partial charge < -0.3 is 10.2 Å². The Morgan fingerprint density at radius 1 is 0.906 bits per heavy atom. The van der Waals surface area contributed by atoms with Gasteiger partial charge in [-0.1, -0.05) is 30.3 Å². The topological polar surface area (TPSA) is 86.8 Å². The third-order valence-electron chi connectivity index (χ3n) is 6.35. The fraction of sp³-hybridized carbons (Fsp3) is 0.417. The van der Waals surface area contributed by atoms with Crippen molar-refractivity contribution in [1.29, 1.82) is 0 Å². The summed E-state index contributed by atoms with van der Waals surface area (Å²) in [4.78, 5) is 26.5. The van der Waals surface area contributed by atoms with Gasteiger partial charge in [0.05, 0.1) is 4.90 Å². The number of likely N-dealkylation sites (tertiary alicyclic amines) is 1. The molecule has 8 heteroatoms. The van der Waals surface area contributed by atoms with E-state index in [0.717, 1.165) is 18.7 Å². The van der Waals surface area contributed by atoms with Crippen molar-refractivity contribution in [3.05, 3.63) is 60.2 Å². The second-order valence-electron chi connectivity index (χ2n) is 8.54. The average Bonchev–Trinajstić information content (AvgIpc) is 3.28.